The second-order valence-corrected chi connectivity index (χ2v) is 7.17. The maximum atomic E-state index is 6.16. The number of rotatable bonds is 4. The third-order valence-electron chi connectivity index (χ3n) is 4.05. The van der Waals surface area contributed by atoms with Crippen LogP contribution in [0.3, 0.4) is 0 Å². The Bertz CT molecular complexity index is 599. The van der Waals surface area contributed by atoms with Crippen molar-refractivity contribution in [3.05, 3.63) is 64.7 Å². The van der Waals surface area contributed by atoms with Gasteiger partial charge in [-0.05, 0) is 47.4 Å². The summed E-state index contributed by atoms with van der Waals surface area (Å²) in [6, 6.07) is 17.4. The number of thioether (sulfide) groups is 1. The lowest BCUT2D eigenvalue weighted by Crippen LogP contribution is -2.28. The molecule has 0 radical (unpaired) electrons. The van der Waals surface area contributed by atoms with Crippen molar-refractivity contribution in [2.45, 2.75) is 30.2 Å². The molecule has 0 saturated carbocycles. The molecule has 0 spiro atoms. The third-order valence-corrected chi connectivity index (χ3v) is 5.41. The van der Waals surface area contributed by atoms with Gasteiger partial charge in [-0.3, -0.25) is 0 Å². The average molecular weight is 318 g/mol. The van der Waals surface area contributed by atoms with E-state index in [0.717, 1.165) is 11.6 Å². The zero-order valence-electron chi connectivity index (χ0n) is 12.2. The number of hydrogen-bond acceptors (Lipinski definition) is 2. The molecule has 3 heteroatoms. The van der Waals surface area contributed by atoms with E-state index in [9.17, 15) is 0 Å². The van der Waals surface area contributed by atoms with Crippen LogP contribution in [-0.4, -0.2) is 12.3 Å². The summed E-state index contributed by atoms with van der Waals surface area (Å²) in [4.78, 5) is 1.37. The Labute approximate surface area is 136 Å². The van der Waals surface area contributed by atoms with E-state index in [1.807, 2.05) is 17.8 Å². The van der Waals surface area contributed by atoms with Gasteiger partial charge in [0.25, 0.3) is 0 Å². The second-order valence-electron chi connectivity index (χ2n) is 5.59. The number of nitrogens with one attached hydrogen (secondary N) is 1. The molecule has 0 fully saturated rings. The molecule has 2 unspecified atom stereocenters. The van der Waals surface area contributed by atoms with Crippen LogP contribution in [0.2, 0.25) is 5.02 Å². The smallest absolute Gasteiger partial charge is 0.0410 e. The van der Waals surface area contributed by atoms with Gasteiger partial charge in [0.1, 0.15) is 0 Å². The van der Waals surface area contributed by atoms with Crippen molar-refractivity contribution in [1.82, 2.24) is 5.32 Å². The molecule has 0 aliphatic carbocycles. The Hall–Kier alpha value is -0.960. The highest BCUT2D eigenvalue weighted by Gasteiger charge is 2.21. The molecular weight excluding hydrogens is 298 g/mol. The van der Waals surface area contributed by atoms with E-state index in [1.54, 1.807) is 0 Å². The Morgan fingerprint density at radius 3 is 2.86 bits per heavy atom. The molecule has 3 rings (SSSR count). The van der Waals surface area contributed by atoms with Crippen LogP contribution in [0.15, 0.2) is 53.4 Å². The first-order valence-corrected chi connectivity index (χ1v) is 8.81. The number of hydrogen-bond donors (Lipinski definition) is 1. The maximum absolute atomic E-state index is 6.16. The third kappa shape index (κ3) is 3.63. The largest absolute Gasteiger partial charge is 0.309 e. The van der Waals surface area contributed by atoms with Gasteiger partial charge < -0.3 is 5.32 Å². The van der Waals surface area contributed by atoms with E-state index in [0.29, 0.717) is 12.0 Å². The summed E-state index contributed by atoms with van der Waals surface area (Å²) in [5, 5.41) is 4.56. The van der Waals surface area contributed by atoms with Crippen molar-refractivity contribution < 1.29 is 0 Å². The van der Waals surface area contributed by atoms with E-state index in [-0.39, 0.29) is 0 Å². The van der Waals surface area contributed by atoms with E-state index in [4.69, 9.17) is 11.6 Å². The van der Waals surface area contributed by atoms with Crippen molar-refractivity contribution in [3.8, 4) is 0 Å². The molecule has 110 valence electrons. The molecular formula is C18H20ClNS. The lowest BCUT2D eigenvalue weighted by molar-refractivity contribution is 0.488. The fourth-order valence-corrected chi connectivity index (χ4v) is 4.08. The minimum atomic E-state index is 0.422. The molecule has 1 heterocycles. The fraction of sp³-hybridized carbons (Fsp3) is 0.333. The number of benzene rings is 2. The van der Waals surface area contributed by atoms with Crippen LogP contribution >= 0.6 is 23.4 Å². The molecule has 0 bridgehead atoms. The van der Waals surface area contributed by atoms with Gasteiger partial charge in [-0.15, -0.1) is 11.8 Å². The molecule has 1 aliphatic rings. The summed E-state index contributed by atoms with van der Waals surface area (Å²) < 4.78 is 0. The molecule has 21 heavy (non-hydrogen) atoms. The van der Waals surface area contributed by atoms with Crippen LogP contribution in [0.25, 0.3) is 0 Å². The molecule has 0 amide bonds. The molecule has 2 atom stereocenters. The van der Waals surface area contributed by atoms with E-state index in [2.05, 4.69) is 54.7 Å². The zero-order chi connectivity index (χ0) is 14.7. The standard InChI is InChI=1S/C18H20ClNS/c1-13(14-5-3-2-4-6-14)12-20-17-9-10-21-18-8-7-15(19)11-16(17)18/h2-8,11,13,17,20H,9-10,12H2,1H3. The predicted octanol–water partition coefficient (Wildman–Crippen LogP) is 5.27. The van der Waals surface area contributed by atoms with Gasteiger partial charge >= 0.3 is 0 Å². The van der Waals surface area contributed by atoms with Gasteiger partial charge in [0.05, 0.1) is 0 Å². The first-order chi connectivity index (χ1) is 10.2. The van der Waals surface area contributed by atoms with E-state index in [1.165, 1.54) is 28.2 Å². The predicted molar refractivity (Wildman–Crippen MR) is 92.4 cm³/mol. The molecule has 2 aromatic rings. The summed E-state index contributed by atoms with van der Waals surface area (Å²) in [7, 11) is 0. The number of halogens is 1. The van der Waals surface area contributed by atoms with Crippen LogP contribution < -0.4 is 5.32 Å². The number of fused-ring (bicyclic) bond motifs is 1. The maximum Gasteiger partial charge on any atom is 0.0410 e. The van der Waals surface area contributed by atoms with Gasteiger partial charge in [-0.25, -0.2) is 0 Å². The van der Waals surface area contributed by atoms with Gasteiger partial charge in [-0.1, -0.05) is 48.9 Å². The quantitative estimate of drug-likeness (QED) is 0.824. The van der Waals surface area contributed by atoms with Gasteiger partial charge in [0, 0.05) is 22.5 Å². The van der Waals surface area contributed by atoms with Crippen molar-refractivity contribution >= 4 is 23.4 Å². The lowest BCUT2D eigenvalue weighted by atomic mass is 9.99. The first kappa shape index (κ1) is 15.0. The topological polar surface area (TPSA) is 12.0 Å². The Morgan fingerprint density at radius 2 is 2.05 bits per heavy atom. The Kier molecular flexibility index (Phi) is 4.89. The molecule has 0 aromatic heterocycles. The van der Waals surface area contributed by atoms with Crippen LogP contribution in [-0.2, 0) is 0 Å². The van der Waals surface area contributed by atoms with E-state index < -0.39 is 0 Å². The summed E-state index contributed by atoms with van der Waals surface area (Å²) >= 11 is 8.10. The van der Waals surface area contributed by atoms with Crippen molar-refractivity contribution in [3.63, 3.8) is 0 Å². The summed E-state index contributed by atoms with van der Waals surface area (Å²) in [5.74, 6) is 1.69. The van der Waals surface area contributed by atoms with Crippen molar-refractivity contribution in [1.29, 1.82) is 0 Å². The average Bonchev–Trinajstić information content (AvgIpc) is 2.53. The highest BCUT2D eigenvalue weighted by molar-refractivity contribution is 7.99. The molecule has 1 nitrogen and oxygen atoms in total. The fourth-order valence-electron chi connectivity index (χ4n) is 2.80. The van der Waals surface area contributed by atoms with Crippen molar-refractivity contribution in [2.24, 2.45) is 0 Å². The highest BCUT2D eigenvalue weighted by Crippen LogP contribution is 2.37. The Morgan fingerprint density at radius 1 is 1.24 bits per heavy atom. The lowest BCUT2D eigenvalue weighted by Gasteiger charge is -2.27. The normalized spacial score (nSPS) is 19.0. The molecule has 2 aromatic carbocycles. The Balaban J connectivity index is 1.68. The molecule has 1 aliphatic heterocycles. The van der Waals surface area contributed by atoms with Crippen LogP contribution in [0.1, 0.15) is 36.4 Å². The summed E-state index contributed by atoms with van der Waals surface area (Å²) in [5.41, 5.74) is 2.75. The molecule has 1 N–H and O–H groups in total. The molecule has 0 saturated heterocycles. The van der Waals surface area contributed by atoms with Gasteiger partial charge in [0.15, 0.2) is 0 Å². The summed E-state index contributed by atoms with van der Waals surface area (Å²) in [6.45, 7) is 3.27. The highest BCUT2D eigenvalue weighted by atomic mass is 35.5. The second kappa shape index (κ2) is 6.87. The monoisotopic (exact) mass is 317 g/mol. The zero-order valence-corrected chi connectivity index (χ0v) is 13.8. The summed E-state index contributed by atoms with van der Waals surface area (Å²) in [6.07, 6.45) is 1.17. The van der Waals surface area contributed by atoms with E-state index >= 15 is 0 Å². The first-order valence-electron chi connectivity index (χ1n) is 7.44. The van der Waals surface area contributed by atoms with Gasteiger partial charge in [-0.2, -0.15) is 0 Å². The van der Waals surface area contributed by atoms with Crippen LogP contribution in [0.4, 0.5) is 0 Å². The minimum absolute atomic E-state index is 0.422. The van der Waals surface area contributed by atoms with Crippen LogP contribution in [0, 0.1) is 0 Å². The van der Waals surface area contributed by atoms with Crippen LogP contribution in [0.5, 0.6) is 0 Å². The van der Waals surface area contributed by atoms with Gasteiger partial charge in [0.2, 0.25) is 0 Å². The van der Waals surface area contributed by atoms with Crippen molar-refractivity contribution in [2.75, 3.05) is 12.3 Å². The SMILES string of the molecule is CC(CNC1CCSc2ccc(Cl)cc21)c1ccccc1. The minimum Gasteiger partial charge on any atom is -0.309 e.